The summed E-state index contributed by atoms with van der Waals surface area (Å²) < 4.78 is 28.6. The molecule has 0 radical (unpaired) electrons. The molecule has 9 nitrogen and oxygen atoms in total. The van der Waals surface area contributed by atoms with E-state index in [9.17, 15) is 18.5 Å². The van der Waals surface area contributed by atoms with Crippen LogP contribution in [0.5, 0.6) is 0 Å². The summed E-state index contributed by atoms with van der Waals surface area (Å²) in [6.07, 6.45) is 8.31. The molecule has 1 aromatic carbocycles. The second kappa shape index (κ2) is 8.98. The van der Waals surface area contributed by atoms with E-state index < -0.39 is 10.0 Å². The molecule has 3 aliphatic heterocycles. The first-order valence-electron chi connectivity index (χ1n) is 13.4. The number of sulfonamides is 1. The number of nitrogens with one attached hydrogen (secondary N) is 3. The zero-order valence-corrected chi connectivity index (χ0v) is 21.7. The van der Waals surface area contributed by atoms with Crippen LogP contribution in [0, 0.1) is 23.2 Å². The maximum absolute atomic E-state index is 13.4. The number of carbonyl (C=O) groups is 1. The standard InChI is InChI=1S/C26H36N6O3S/c1-26(11-3-2-4-12-26)31-16-18-15-19(7-8-22(18)36(31,34)35)29-24-23-21(10-14-28-25(23)33)32(30-24)20(9-13-27)17-5-6-17/h7-8,15,17,20-21,23-24,29-30H,2-6,9-12,14,16H2,1H3,(H,28,33)/t20-,21?,23?,24?/m0/s1. The number of benzene rings is 1. The Bertz CT molecular complexity index is 1190. The number of nitrogens with zero attached hydrogens (tertiary/aromatic N) is 3. The average Bonchev–Trinajstić information content (AvgIpc) is 3.57. The highest BCUT2D eigenvalue weighted by molar-refractivity contribution is 7.89. The third-order valence-electron chi connectivity index (χ3n) is 9.08. The van der Waals surface area contributed by atoms with Crippen LogP contribution in [0.2, 0.25) is 0 Å². The van der Waals surface area contributed by atoms with Gasteiger partial charge in [0.15, 0.2) is 0 Å². The Hall–Kier alpha value is -2.19. The molecular formula is C26H36N6O3S. The molecule has 6 rings (SSSR count). The van der Waals surface area contributed by atoms with Crippen LogP contribution in [0.3, 0.4) is 0 Å². The summed E-state index contributed by atoms with van der Waals surface area (Å²) in [5.74, 6) is 0.234. The summed E-state index contributed by atoms with van der Waals surface area (Å²) in [4.78, 5) is 13.3. The van der Waals surface area contributed by atoms with Crippen LogP contribution < -0.4 is 16.1 Å². The predicted molar refractivity (Wildman–Crippen MR) is 135 cm³/mol. The molecule has 0 aromatic heterocycles. The van der Waals surface area contributed by atoms with Crippen LogP contribution in [0.4, 0.5) is 5.69 Å². The summed E-state index contributed by atoms with van der Waals surface area (Å²) in [5, 5.41) is 18.1. The molecule has 1 amide bonds. The highest BCUT2D eigenvalue weighted by Gasteiger charge is 2.52. The SMILES string of the molecule is CC1(N2Cc3cc(NC4NN([C@@H](CC#N)C5CC5)C5CCNC(=O)C45)ccc3S2(=O)=O)CCCCC1. The van der Waals surface area contributed by atoms with Gasteiger partial charge in [0.2, 0.25) is 15.9 Å². The second-order valence-corrected chi connectivity index (χ2v) is 13.3. The first-order chi connectivity index (χ1) is 17.3. The lowest BCUT2D eigenvalue weighted by molar-refractivity contribution is -0.128. The molecule has 36 heavy (non-hydrogen) atoms. The van der Waals surface area contributed by atoms with Gasteiger partial charge in [-0.2, -0.15) is 9.57 Å². The number of rotatable bonds is 6. The van der Waals surface area contributed by atoms with Gasteiger partial charge >= 0.3 is 0 Å². The molecule has 194 valence electrons. The quantitative estimate of drug-likeness (QED) is 0.536. The summed E-state index contributed by atoms with van der Waals surface area (Å²) in [7, 11) is -3.52. The minimum absolute atomic E-state index is 0.0189. The number of hydrogen-bond acceptors (Lipinski definition) is 7. The normalized spacial score (nSPS) is 32.2. The van der Waals surface area contributed by atoms with Crippen molar-refractivity contribution >= 4 is 21.6 Å². The van der Waals surface area contributed by atoms with Gasteiger partial charge in [-0.25, -0.2) is 18.9 Å². The van der Waals surface area contributed by atoms with Crippen LogP contribution in [-0.2, 0) is 21.4 Å². The van der Waals surface area contributed by atoms with Crippen molar-refractivity contribution in [3.63, 3.8) is 0 Å². The van der Waals surface area contributed by atoms with E-state index in [0.717, 1.165) is 56.2 Å². The summed E-state index contributed by atoms with van der Waals surface area (Å²) in [6.45, 7) is 3.12. The van der Waals surface area contributed by atoms with E-state index >= 15 is 0 Å². The van der Waals surface area contributed by atoms with Crippen LogP contribution in [0.25, 0.3) is 0 Å². The van der Waals surface area contributed by atoms with E-state index in [-0.39, 0.29) is 35.6 Å². The molecule has 2 saturated carbocycles. The summed E-state index contributed by atoms with van der Waals surface area (Å²) >= 11 is 0. The fourth-order valence-corrected chi connectivity index (χ4v) is 9.00. The maximum Gasteiger partial charge on any atom is 0.244 e. The van der Waals surface area contributed by atoms with E-state index in [2.05, 4.69) is 34.1 Å². The van der Waals surface area contributed by atoms with Crippen LogP contribution in [-0.4, -0.2) is 54.0 Å². The van der Waals surface area contributed by atoms with E-state index in [1.165, 1.54) is 6.42 Å². The van der Waals surface area contributed by atoms with Gasteiger partial charge in [0, 0.05) is 36.4 Å². The van der Waals surface area contributed by atoms with E-state index in [0.29, 0.717) is 30.3 Å². The number of carbonyl (C=O) groups excluding carboxylic acids is 1. The molecule has 4 fully saturated rings. The molecular weight excluding hydrogens is 476 g/mol. The third kappa shape index (κ3) is 4.01. The molecule has 2 saturated heterocycles. The van der Waals surface area contributed by atoms with Crippen molar-refractivity contribution in [2.45, 2.75) is 99.9 Å². The van der Waals surface area contributed by atoms with Gasteiger partial charge in [-0.3, -0.25) is 4.79 Å². The molecule has 3 N–H and O–H groups in total. The Morgan fingerprint density at radius 2 is 2.00 bits per heavy atom. The number of nitriles is 1. The van der Waals surface area contributed by atoms with Gasteiger partial charge in [-0.1, -0.05) is 19.3 Å². The number of fused-ring (bicyclic) bond motifs is 2. The monoisotopic (exact) mass is 512 g/mol. The Kier molecular flexibility index (Phi) is 6.03. The van der Waals surface area contributed by atoms with Crippen LogP contribution >= 0.6 is 0 Å². The molecule has 0 spiro atoms. The summed E-state index contributed by atoms with van der Waals surface area (Å²) in [6, 6.07) is 7.95. The third-order valence-corrected chi connectivity index (χ3v) is 11.2. The number of anilines is 1. The van der Waals surface area contributed by atoms with Crippen LogP contribution in [0.15, 0.2) is 23.1 Å². The lowest BCUT2D eigenvalue weighted by Gasteiger charge is -2.40. The number of hydrazine groups is 1. The molecule has 5 aliphatic rings. The minimum atomic E-state index is -3.52. The predicted octanol–water partition coefficient (Wildman–Crippen LogP) is 2.67. The van der Waals surface area contributed by atoms with Crippen molar-refractivity contribution in [2.75, 3.05) is 11.9 Å². The molecule has 2 aliphatic carbocycles. The van der Waals surface area contributed by atoms with Gasteiger partial charge in [0.25, 0.3) is 0 Å². The zero-order valence-electron chi connectivity index (χ0n) is 20.9. The number of piperidine rings is 1. The van der Waals surface area contributed by atoms with Gasteiger partial charge in [-0.05, 0) is 68.7 Å². The van der Waals surface area contributed by atoms with Gasteiger partial charge in [0.05, 0.1) is 23.3 Å². The second-order valence-electron chi connectivity index (χ2n) is 11.5. The summed E-state index contributed by atoms with van der Waals surface area (Å²) in [5.41, 5.74) is 4.84. The van der Waals surface area contributed by atoms with Crippen molar-refractivity contribution in [1.82, 2.24) is 20.1 Å². The Morgan fingerprint density at radius 1 is 1.22 bits per heavy atom. The molecule has 3 unspecified atom stereocenters. The van der Waals surface area contributed by atoms with Crippen molar-refractivity contribution in [3.8, 4) is 6.07 Å². The molecule has 0 bridgehead atoms. The average molecular weight is 513 g/mol. The van der Waals surface area contributed by atoms with Crippen molar-refractivity contribution < 1.29 is 13.2 Å². The highest BCUT2D eigenvalue weighted by Crippen LogP contribution is 2.44. The molecule has 10 heteroatoms. The highest BCUT2D eigenvalue weighted by atomic mass is 32.2. The number of hydrogen-bond donors (Lipinski definition) is 3. The lowest BCUT2D eigenvalue weighted by Crippen LogP contribution is -2.52. The first kappa shape index (κ1) is 24.2. The largest absolute Gasteiger partial charge is 0.368 e. The molecule has 4 atom stereocenters. The molecule has 1 aromatic rings. The van der Waals surface area contributed by atoms with E-state index in [4.69, 9.17) is 0 Å². The first-order valence-corrected chi connectivity index (χ1v) is 14.9. The number of amides is 1. The smallest absolute Gasteiger partial charge is 0.244 e. The lowest BCUT2D eigenvalue weighted by atomic mass is 9.83. The Morgan fingerprint density at radius 3 is 2.72 bits per heavy atom. The fraction of sp³-hybridized carbons (Fsp3) is 0.692. The Labute approximate surface area is 213 Å². The van der Waals surface area contributed by atoms with Crippen molar-refractivity contribution in [3.05, 3.63) is 23.8 Å². The van der Waals surface area contributed by atoms with Crippen LogP contribution in [0.1, 0.15) is 70.3 Å². The van der Waals surface area contributed by atoms with E-state index in [1.54, 1.807) is 10.4 Å². The van der Waals surface area contributed by atoms with Crippen molar-refractivity contribution in [2.24, 2.45) is 11.8 Å². The van der Waals surface area contributed by atoms with Gasteiger partial charge in [-0.15, -0.1) is 0 Å². The van der Waals surface area contributed by atoms with E-state index in [1.807, 2.05) is 12.1 Å². The molecule has 3 heterocycles. The van der Waals surface area contributed by atoms with Gasteiger partial charge in [0.1, 0.15) is 6.17 Å². The fourth-order valence-electron chi connectivity index (χ4n) is 6.99. The zero-order chi connectivity index (χ0) is 25.1. The topological polar surface area (TPSA) is 118 Å². The minimum Gasteiger partial charge on any atom is -0.368 e. The van der Waals surface area contributed by atoms with Crippen molar-refractivity contribution in [1.29, 1.82) is 5.26 Å². The Balaban J connectivity index is 1.25. The van der Waals surface area contributed by atoms with Gasteiger partial charge < -0.3 is 10.6 Å². The maximum atomic E-state index is 13.4.